The molecule has 0 saturated heterocycles. The second-order valence-electron chi connectivity index (χ2n) is 4.20. The van der Waals surface area contributed by atoms with Crippen molar-refractivity contribution in [1.29, 1.82) is 0 Å². The van der Waals surface area contributed by atoms with E-state index in [0.717, 1.165) is 6.42 Å². The van der Waals surface area contributed by atoms with E-state index in [9.17, 15) is 0 Å². The molecule has 0 aromatic rings. The molecule has 2 heteroatoms. The summed E-state index contributed by atoms with van der Waals surface area (Å²) >= 11 is 0. The van der Waals surface area contributed by atoms with E-state index in [1.165, 1.54) is 38.5 Å². The molecule has 0 aliphatic carbocycles. The maximum atomic E-state index is 8.16. The highest BCUT2D eigenvalue weighted by atomic mass is 17.1. The Bertz CT molecular complexity index is 111. The maximum absolute atomic E-state index is 8.16. The molecule has 0 unspecified atom stereocenters. The van der Waals surface area contributed by atoms with E-state index in [1.54, 1.807) is 0 Å². The molecule has 0 bridgehead atoms. The molecule has 0 radical (unpaired) electrons. The molecule has 0 fully saturated rings. The average Bonchev–Trinajstić information content (AvgIpc) is 2.24. The SMILES string of the molecule is CCC(CC)(CC)CCCCCOO. The summed E-state index contributed by atoms with van der Waals surface area (Å²) in [5, 5.41) is 8.16. The van der Waals surface area contributed by atoms with Gasteiger partial charge in [0, 0.05) is 0 Å². The third kappa shape index (κ3) is 4.97. The monoisotopic (exact) mass is 202 g/mol. The van der Waals surface area contributed by atoms with Gasteiger partial charge in [0.15, 0.2) is 0 Å². The molecule has 0 aromatic carbocycles. The van der Waals surface area contributed by atoms with Crippen LogP contribution < -0.4 is 0 Å². The van der Waals surface area contributed by atoms with Gasteiger partial charge < -0.3 is 0 Å². The summed E-state index contributed by atoms with van der Waals surface area (Å²) < 4.78 is 0. The summed E-state index contributed by atoms with van der Waals surface area (Å²) in [5.41, 5.74) is 0.570. The van der Waals surface area contributed by atoms with Crippen LogP contribution in [-0.2, 0) is 4.89 Å². The normalized spacial score (nSPS) is 12.0. The lowest BCUT2D eigenvalue weighted by Gasteiger charge is -2.30. The van der Waals surface area contributed by atoms with Crippen molar-refractivity contribution in [3.8, 4) is 0 Å². The van der Waals surface area contributed by atoms with Crippen molar-refractivity contribution in [2.75, 3.05) is 6.61 Å². The Kier molecular flexibility index (Phi) is 8.20. The van der Waals surface area contributed by atoms with Gasteiger partial charge in [-0.05, 0) is 18.3 Å². The molecule has 0 aliphatic rings. The van der Waals surface area contributed by atoms with Crippen LogP contribution in [0.15, 0.2) is 0 Å². The Hall–Kier alpha value is -0.0800. The summed E-state index contributed by atoms with van der Waals surface area (Å²) in [6, 6.07) is 0. The molecule has 0 saturated carbocycles. The first-order valence-electron chi connectivity index (χ1n) is 6.01. The zero-order valence-corrected chi connectivity index (χ0v) is 10.0. The second kappa shape index (κ2) is 8.25. The first-order chi connectivity index (χ1) is 6.74. The zero-order valence-electron chi connectivity index (χ0n) is 10.0. The fourth-order valence-electron chi connectivity index (χ4n) is 2.12. The van der Waals surface area contributed by atoms with E-state index in [1.807, 2.05) is 0 Å². The number of hydrogen-bond acceptors (Lipinski definition) is 2. The van der Waals surface area contributed by atoms with Gasteiger partial charge >= 0.3 is 0 Å². The van der Waals surface area contributed by atoms with Crippen LogP contribution >= 0.6 is 0 Å². The maximum Gasteiger partial charge on any atom is 0.0819 e. The van der Waals surface area contributed by atoms with Crippen LogP contribution in [-0.4, -0.2) is 11.9 Å². The minimum absolute atomic E-state index is 0.484. The lowest BCUT2D eigenvalue weighted by atomic mass is 9.76. The Morgan fingerprint density at radius 3 is 1.93 bits per heavy atom. The van der Waals surface area contributed by atoms with Gasteiger partial charge in [0.1, 0.15) is 0 Å². The van der Waals surface area contributed by atoms with Gasteiger partial charge in [-0.1, -0.05) is 52.9 Å². The number of unbranched alkanes of at least 4 members (excludes halogenated alkanes) is 2. The van der Waals surface area contributed by atoms with Crippen molar-refractivity contribution in [1.82, 2.24) is 0 Å². The highest BCUT2D eigenvalue weighted by Gasteiger charge is 2.22. The molecule has 14 heavy (non-hydrogen) atoms. The molecule has 0 aromatic heterocycles. The van der Waals surface area contributed by atoms with Gasteiger partial charge in [-0.15, -0.1) is 0 Å². The molecule has 0 atom stereocenters. The molecule has 0 aliphatic heterocycles. The summed E-state index contributed by atoms with van der Waals surface area (Å²) in [6.07, 6.45) is 8.59. The van der Waals surface area contributed by atoms with Crippen molar-refractivity contribution in [2.24, 2.45) is 5.41 Å². The van der Waals surface area contributed by atoms with E-state index in [0.29, 0.717) is 12.0 Å². The molecule has 1 N–H and O–H groups in total. The first-order valence-corrected chi connectivity index (χ1v) is 6.01. The zero-order chi connectivity index (χ0) is 10.9. The molecular weight excluding hydrogens is 176 g/mol. The van der Waals surface area contributed by atoms with E-state index < -0.39 is 0 Å². The fraction of sp³-hybridized carbons (Fsp3) is 1.00. The van der Waals surface area contributed by atoms with Gasteiger partial charge in [0.05, 0.1) is 6.61 Å². The van der Waals surface area contributed by atoms with E-state index in [4.69, 9.17) is 5.26 Å². The summed E-state index contributed by atoms with van der Waals surface area (Å²) in [4.78, 5) is 4.05. The molecule has 0 heterocycles. The first kappa shape index (κ1) is 13.9. The molecule has 0 spiro atoms. The molecule has 0 rings (SSSR count). The predicted octanol–water partition coefficient (Wildman–Crippen LogP) is 4.25. The second-order valence-corrected chi connectivity index (χ2v) is 4.20. The average molecular weight is 202 g/mol. The van der Waals surface area contributed by atoms with Gasteiger partial charge in [-0.3, -0.25) is 5.26 Å². The van der Waals surface area contributed by atoms with Crippen LogP contribution in [0.1, 0.15) is 65.7 Å². The highest BCUT2D eigenvalue weighted by molar-refractivity contribution is 4.74. The minimum Gasteiger partial charge on any atom is -0.252 e. The van der Waals surface area contributed by atoms with Crippen LogP contribution in [0.5, 0.6) is 0 Å². The largest absolute Gasteiger partial charge is 0.252 e. The van der Waals surface area contributed by atoms with Gasteiger partial charge in [0.2, 0.25) is 0 Å². The highest BCUT2D eigenvalue weighted by Crippen LogP contribution is 2.35. The molecule has 0 amide bonds. The lowest BCUT2D eigenvalue weighted by Crippen LogP contribution is -2.17. The fourth-order valence-corrected chi connectivity index (χ4v) is 2.12. The number of rotatable bonds is 9. The van der Waals surface area contributed by atoms with E-state index >= 15 is 0 Å². The minimum atomic E-state index is 0.484. The van der Waals surface area contributed by atoms with Crippen LogP contribution in [0.2, 0.25) is 0 Å². The summed E-state index contributed by atoms with van der Waals surface area (Å²) in [7, 11) is 0. The van der Waals surface area contributed by atoms with Crippen molar-refractivity contribution in [3.63, 3.8) is 0 Å². The van der Waals surface area contributed by atoms with Crippen LogP contribution in [0, 0.1) is 5.41 Å². The standard InChI is InChI=1S/C12H26O2/c1-4-12(5-2,6-3)10-8-7-9-11-14-13/h13H,4-11H2,1-3H3. The lowest BCUT2D eigenvalue weighted by molar-refractivity contribution is -0.242. The van der Waals surface area contributed by atoms with Gasteiger partial charge in [0.25, 0.3) is 0 Å². The summed E-state index contributed by atoms with van der Waals surface area (Å²) in [5.74, 6) is 0. The van der Waals surface area contributed by atoms with Crippen molar-refractivity contribution in [3.05, 3.63) is 0 Å². The Morgan fingerprint density at radius 2 is 1.50 bits per heavy atom. The Morgan fingerprint density at radius 1 is 0.929 bits per heavy atom. The molecule has 86 valence electrons. The van der Waals surface area contributed by atoms with E-state index in [-0.39, 0.29) is 0 Å². The van der Waals surface area contributed by atoms with Crippen molar-refractivity contribution in [2.45, 2.75) is 65.7 Å². The van der Waals surface area contributed by atoms with Gasteiger partial charge in [-0.25, -0.2) is 4.89 Å². The third-order valence-electron chi connectivity index (χ3n) is 3.69. The molecular formula is C12H26O2. The topological polar surface area (TPSA) is 29.5 Å². The van der Waals surface area contributed by atoms with Crippen LogP contribution in [0.3, 0.4) is 0 Å². The third-order valence-corrected chi connectivity index (χ3v) is 3.69. The predicted molar refractivity (Wildman–Crippen MR) is 60.4 cm³/mol. The smallest absolute Gasteiger partial charge is 0.0819 e. The van der Waals surface area contributed by atoms with Crippen molar-refractivity contribution < 1.29 is 10.1 Å². The Balaban J connectivity index is 3.61. The molecule has 2 nitrogen and oxygen atoms in total. The van der Waals surface area contributed by atoms with Crippen LogP contribution in [0.4, 0.5) is 0 Å². The van der Waals surface area contributed by atoms with Gasteiger partial charge in [-0.2, -0.15) is 0 Å². The quantitative estimate of drug-likeness (QED) is 0.344. The summed E-state index contributed by atoms with van der Waals surface area (Å²) in [6.45, 7) is 7.37. The van der Waals surface area contributed by atoms with E-state index in [2.05, 4.69) is 25.7 Å². The van der Waals surface area contributed by atoms with Crippen LogP contribution in [0.25, 0.3) is 0 Å². The van der Waals surface area contributed by atoms with Crippen molar-refractivity contribution >= 4 is 0 Å². The Labute approximate surface area is 88.6 Å². The number of hydrogen-bond donors (Lipinski definition) is 1.